The number of ether oxygens (including phenoxy) is 6. The van der Waals surface area contributed by atoms with Crippen LogP contribution in [0.15, 0.2) is 0 Å². The zero-order valence-corrected chi connectivity index (χ0v) is 29.0. The Kier molecular flexibility index (Phi) is 16.3. The standard InChI is InChI=1S/C37H60O10/c1-3-5-18-42-34(38)26-22-30-32(46-30)24-28(26)36(40)44-20-16-14-12-10-8-7-9-11-13-15-17-21-45-37(41)29-25-33-31(47-33)23-27(29)35(39)43-19-6-4-2/h26-33H,3-25H2,1-2H3. The van der Waals surface area contributed by atoms with Crippen LogP contribution < -0.4 is 0 Å². The van der Waals surface area contributed by atoms with E-state index in [0.29, 0.717) is 52.1 Å². The molecule has 2 heterocycles. The van der Waals surface area contributed by atoms with Crippen LogP contribution in [0, 0.1) is 23.7 Å². The van der Waals surface area contributed by atoms with Crippen LogP contribution in [-0.2, 0) is 47.6 Å². The minimum absolute atomic E-state index is 0.0905. The lowest BCUT2D eigenvalue weighted by molar-refractivity contribution is -0.162. The van der Waals surface area contributed by atoms with E-state index in [1.54, 1.807) is 0 Å². The second kappa shape index (κ2) is 20.3. The number of esters is 4. The highest BCUT2D eigenvalue weighted by atomic mass is 16.6. The molecule has 2 aliphatic heterocycles. The monoisotopic (exact) mass is 664 g/mol. The van der Waals surface area contributed by atoms with Crippen molar-refractivity contribution in [1.82, 2.24) is 0 Å². The average Bonchev–Trinajstić information content (AvgIpc) is 4.00. The molecule has 0 N–H and O–H groups in total. The van der Waals surface area contributed by atoms with Gasteiger partial charge in [0.1, 0.15) is 0 Å². The Bertz CT molecular complexity index is 908. The summed E-state index contributed by atoms with van der Waals surface area (Å²) in [5.41, 5.74) is 0. The minimum atomic E-state index is -0.453. The van der Waals surface area contributed by atoms with Crippen LogP contribution in [0.4, 0.5) is 0 Å². The maximum Gasteiger partial charge on any atom is 0.309 e. The predicted molar refractivity (Wildman–Crippen MR) is 174 cm³/mol. The molecule has 8 atom stereocenters. The topological polar surface area (TPSA) is 130 Å². The summed E-state index contributed by atoms with van der Waals surface area (Å²) in [7, 11) is 0. The SMILES string of the molecule is CCCCOC(=O)C1CC2OC2CC1C(=O)OCCCCCCCCCCCCCOC(=O)C1CC2OC2CC1C(=O)OCCCC. The zero-order valence-electron chi connectivity index (χ0n) is 29.0. The highest BCUT2D eigenvalue weighted by Gasteiger charge is 2.54. The van der Waals surface area contributed by atoms with Crippen molar-refractivity contribution in [3.63, 3.8) is 0 Å². The van der Waals surface area contributed by atoms with Gasteiger partial charge in [-0.25, -0.2) is 0 Å². The van der Waals surface area contributed by atoms with E-state index in [0.717, 1.165) is 64.2 Å². The van der Waals surface area contributed by atoms with Crippen molar-refractivity contribution >= 4 is 23.9 Å². The molecule has 2 saturated heterocycles. The number of epoxide rings is 2. The number of carbonyl (C=O) groups excluding carboxylic acids is 4. The zero-order chi connectivity index (χ0) is 33.4. The fourth-order valence-corrected chi connectivity index (χ4v) is 7.09. The molecule has 47 heavy (non-hydrogen) atoms. The molecular formula is C37H60O10. The quantitative estimate of drug-likeness (QED) is 0.0479. The molecule has 0 aromatic carbocycles. The molecule has 4 rings (SSSR count). The predicted octanol–water partition coefficient (Wildman–Crippen LogP) is 6.64. The van der Waals surface area contributed by atoms with Gasteiger partial charge in [-0.3, -0.25) is 19.2 Å². The first-order valence-electron chi connectivity index (χ1n) is 18.9. The van der Waals surface area contributed by atoms with Crippen molar-refractivity contribution in [2.45, 2.75) is 160 Å². The Balaban J connectivity index is 0.944. The lowest BCUT2D eigenvalue weighted by atomic mass is 9.79. The van der Waals surface area contributed by atoms with Crippen LogP contribution in [0.2, 0.25) is 0 Å². The first-order valence-corrected chi connectivity index (χ1v) is 18.9. The van der Waals surface area contributed by atoms with Crippen LogP contribution in [0.5, 0.6) is 0 Å². The fourth-order valence-electron chi connectivity index (χ4n) is 7.09. The summed E-state index contributed by atoms with van der Waals surface area (Å²) in [5, 5.41) is 0. The Morgan fingerprint density at radius 2 is 0.638 bits per heavy atom. The average molecular weight is 665 g/mol. The third-order valence-corrected chi connectivity index (χ3v) is 10.3. The fraction of sp³-hybridized carbons (Fsp3) is 0.892. The number of unbranched alkanes of at least 4 members (excludes halogenated alkanes) is 12. The largest absolute Gasteiger partial charge is 0.465 e. The van der Waals surface area contributed by atoms with Crippen LogP contribution >= 0.6 is 0 Å². The van der Waals surface area contributed by atoms with Gasteiger partial charge >= 0.3 is 23.9 Å². The molecule has 0 aromatic heterocycles. The van der Waals surface area contributed by atoms with Gasteiger partial charge in [0, 0.05) is 0 Å². The van der Waals surface area contributed by atoms with E-state index in [9.17, 15) is 19.2 Å². The summed E-state index contributed by atoms with van der Waals surface area (Å²) < 4.78 is 33.2. The molecule has 4 fully saturated rings. The molecule has 0 bridgehead atoms. The third-order valence-electron chi connectivity index (χ3n) is 10.3. The van der Waals surface area contributed by atoms with Gasteiger partial charge in [0.2, 0.25) is 0 Å². The molecule has 10 nitrogen and oxygen atoms in total. The van der Waals surface area contributed by atoms with Gasteiger partial charge in [0.05, 0.1) is 74.5 Å². The van der Waals surface area contributed by atoms with Gasteiger partial charge in [-0.15, -0.1) is 0 Å². The van der Waals surface area contributed by atoms with Crippen molar-refractivity contribution in [1.29, 1.82) is 0 Å². The molecule has 0 aromatic rings. The highest BCUT2D eigenvalue weighted by molar-refractivity contribution is 5.83. The maximum absolute atomic E-state index is 12.8. The van der Waals surface area contributed by atoms with E-state index in [2.05, 4.69) is 13.8 Å². The van der Waals surface area contributed by atoms with Crippen LogP contribution in [0.3, 0.4) is 0 Å². The normalized spacial score (nSPS) is 28.8. The lowest BCUT2D eigenvalue weighted by Crippen LogP contribution is -2.37. The van der Waals surface area contributed by atoms with Gasteiger partial charge in [-0.1, -0.05) is 84.5 Å². The molecule has 2 aliphatic carbocycles. The summed E-state index contributed by atoms with van der Waals surface area (Å²) in [4.78, 5) is 50.7. The lowest BCUT2D eigenvalue weighted by Gasteiger charge is -2.26. The van der Waals surface area contributed by atoms with Crippen LogP contribution in [0.25, 0.3) is 0 Å². The molecular weight excluding hydrogens is 604 g/mol. The van der Waals surface area contributed by atoms with E-state index in [1.807, 2.05) is 0 Å². The van der Waals surface area contributed by atoms with Gasteiger partial charge in [-0.2, -0.15) is 0 Å². The summed E-state index contributed by atoms with van der Waals surface area (Å²) in [5.74, 6) is -2.93. The van der Waals surface area contributed by atoms with Gasteiger partial charge in [-0.05, 0) is 51.4 Å². The molecule has 2 saturated carbocycles. The maximum atomic E-state index is 12.8. The third kappa shape index (κ3) is 12.6. The van der Waals surface area contributed by atoms with Crippen LogP contribution in [0.1, 0.15) is 136 Å². The molecule has 0 radical (unpaired) electrons. The summed E-state index contributed by atoms with van der Waals surface area (Å²) in [6.45, 7) is 5.71. The van der Waals surface area contributed by atoms with Crippen molar-refractivity contribution in [3.8, 4) is 0 Å². The number of carbonyl (C=O) groups is 4. The van der Waals surface area contributed by atoms with Crippen molar-refractivity contribution < 1.29 is 47.6 Å². The smallest absolute Gasteiger partial charge is 0.309 e. The van der Waals surface area contributed by atoms with Crippen molar-refractivity contribution in [2.75, 3.05) is 26.4 Å². The molecule has 268 valence electrons. The van der Waals surface area contributed by atoms with E-state index in [1.165, 1.54) is 32.1 Å². The second-order valence-electron chi connectivity index (χ2n) is 14.1. The van der Waals surface area contributed by atoms with Crippen molar-refractivity contribution in [2.24, 2.45) is 23.7 Å². The van der Waals surface area contributed by atoms with Crippen molar-refractivity contribution in [3.05, 3.63) is 0 Å². The second-order valence-corrected chi connectivity index (χ2v) is 14.1. The van der Waals surface area contributed by atoms with Gasteiger partial charge in [0.15, 0.2) is 0 Å². The number of hydrogen-bond donors (Lipinski definition) is 0. The van der Waals surface area contributed by atoms with Gasteiger partial charge < -0.3 is 28.4 Å². The molecule has 8 unspecified atom stereocenters. The van der Waals surface area contributed by atoms with Gasteiger partial charge in [0.25, 0.3) is 0 Å². The first-order chi connectivity index (χ1) is 22.9. The molecule has 0 spiro atoms. The van der Waals surface area contributed by atoms with E-state index in [4.69, 9.17) is 28.4 Å². The van der Waals surface area contributed by atoms with E-state index < -0.39 is 23.7 Å². The Labute approximate surface area is 281 Å². The Morgan fingerprint density at radius 3 is 0.894 bits per heavy atom. The summed E-state index contributed by atoms with van der Waals surface area (Å²) in [6, 6.07) is 0. The number of fused-ring (bicyclic) bond motifs is 2. The first kappa shape index (κ1) is 37.6. The minimum Gasteiger partial charge on any atom is -0.465 e. The van der Waals surface area contributed by atoms with E-state index in [-0.39, 0.29) is 48.3 Å². The number of hydrogen-bond acceptors (Lipinski definition) is 10. The van der Waals surface area contributed by atoms with Crippen LogP contribution in [-0.4, -0.2) is 74.7 Å². The Hall–Kier alpha value is -2.20. The molecule has 10 heteroatoms. The molecule has 4 aliphatic rings. The summed E-state index contributed by atoms with van der Waals surface area (Å²) in [6.07, 6.45) is 18.2. The highest BCUT2D eigenvalue weighted by Crippen LogP contribution is 2.45. The van der Waals surface area contributed by atoms with E-state index >= 15 is 0 Å². The summed E-state index contributed by atoms with van der Waals surface area (Å²) >= 11 is 0. The molecule has 0 amide bonds. The number of rotatable bonds is 24. The Morgan fingerprint density at radius 1 is 0.404 bits per heavy atom.